The molecule has 0 bridgehead atoms. The minimum atomic E-state index is -0.590. The Labute approximate surface area is 183 Å². The van der Waals surface area contributed by atoms with E-state index in [-0.39, 0.29) is 10.6 Å². The molecule has 3 aromatic carbocycles. The van der Waals surface area contributed by atoms with Gasteiger partial charge in [0.05, 0.1) is 16.8 Å². The predicted molar refractivity (Wildman–Crippen MR) is 122 cm³/mol. The number of rotatable bonds is 5. The van der Waals surface area contributed by atoms with Crippen molar-refractivity contribution in [2.75, 3.05) is 6.54 Å². The lowest BCUT2D eigenvalue weighted by molar-refractivity contribution is 0.0735. The molecule has 3 rings (SSSR count). The van der Waals surface area contributed by atoms with E-state index in [1.165, 1.54) is 12.1 Å². The fourth-order valence-electron chi connectivity index (χ4n) is 2.66. The van der Waals surface area contributed by atoms with Crippen LogP contribution >= 0.6 is 35.4 Å². The van der Waals surface area contributed by atoms with E-state index in [2.05, 4.69) is 15.8 Å². The highest BCUT2D eigenvalue weighted by molar-refractivity contribution is 7.80. The number of hydrazone groups is 1. The molecule has 0 aromatic heterocycles. The molecular formula is C21H17Cl2N3O2S. The fourth-order valence-corrected chi connectivity index (χ4v) is 3.35. The van der Waals surface area contributed by atoms with Crippen molar-refractivity contribution in [2.45, 2.75) is 6.92 Å². The van der Waals surface area contributed by atoms with Crippen molar-refractivity contribution >= 4 is 63.5 Å². The van der Waals surface area contributed by atoms with Gasteiger partial charge < -0.3 is 10.1 Å². The van der Waals surface area contributed by atoms with Crippen LogP contribution in [0.1, 0.15) is 22.8 Å². The third-order valence-electron chi connectivity index (χ3n) is 3.98. The van der Waals surface area contributed by atoms with E-state index in [4.69, 9.17) is 40.2 Å². The number of halogens is 2. The van der Waals surface area contributed by atoms with Crippen molar-refractivity contribution in [1.82, 2.24) is 10.7 Å². The second kappa shape index (κ2) is 9.69. The third-order valence-corrected chi connectivity index (χ3v) is 4.76. The number of carbonyl (C=O) groups excluding carboxylic acids is 1. The van der Waals surface area contributed by atoms with Crippen LogP contribution in [-0.2, 0) is 0 Å². The van der Waals surface area contributed by atoms with Crippen LogP contribution in [0, 0.1) is 0 Å². The lowest BCUT2D eigenvalue weighted by atomic mass is 10.0. The van der Waals surface area contributed by atoms with Gasteiger partial charge in [0.15, 0.2) is 5.11 Å². The summed E-state index contributed by atoms with van der Waals surface area (Å²) >= 11 is 17.1. The van der Waals surface area contributed by atoms with E-state index in [0.29, 0.717) is 28.0 Å². The Kier molecular flexibility index (Phi) is 7.04. The van der Waals surface area contributed by atoms with Crippen LogP contribution in [0.2, 0.25) is 10.0 Å². The standard InChI is InChI=1S/C21H17Cl2N3O2S/c1-2-24-21(29)26-25-12-17-15-6-4-3-5-13(15)7-10-19(17)28-20(27)16-9-8-14(22)11-18(16)23/h3-12H,2H2,1H3,(H2,24,26,29)/b25-12+. The average molecular weight is 446 g/mol. The summed E-state index contributed by atoms with van der Waals surface area (Å²) in [6.45, 7) is 2.61. The lowest BCUT2D eigenvalue weighted by Gasteiger charge is -2.11. The molecule has 148 valence electrons. The molecule has 0 aliphatic heterocycles. The van der Waals surface area contributed by atoms with Crippen LogP contribution in [-0.4, -0.2) is 23.8 Å². The first-order chi connectivity index (χ1) is 14.0. The molecule has 0 fully saturated rings. The van der Waals surface area contributed by atoms with Gasteiger partial charge in [-0.05, 0) is 54.2 Å². The van der Waals surface area contributed by atoms with Crippen molar-refractivity contribution in [3.8, 4) is 5.75 Å². The van der Waals surface area contributed by atoms with Crippen LogP contribution in [0.3, 0.4) is 0 Å². The Morgan fingerprint density at radius 3 is 2.72 bits per heavy atom. The summed E-state index contributed by atoms with van der Waals surface area (Å²) in [5, 5.41) is 10.0. The normalized spacial score (nSPS) is 10.9. The Bertz CT molecular complexity index is 1100. The first-order valence-corrected chi connectivity index (χ1v) is 9.92. The Morgan fingerprint density at radius 2 is 1.97 bits per heavy atom. The van der Waals surface area contributed by atoms with E-state index < -0.39 is 5.97 Å². The molecule has 5 nitrogen and oxygen atoms in total. The van der Waals surface area contributed by atoms with E-state index in [1.807, 2.05) is 37.3 Å². The number of carbonyl (C=O) groups is 1. The number of hydrogen-bond donors (Lipinski definition) is 2. The number of nitrogens with one attached hydrogen (secondary N) is 2. The van der Waals surface area contributed by atoms with Crippen molar-refractivity contribution in [2.24, 2.45) is 5.10 Å². The van der Waals surface area contributed by atoms with Crippen molar-refractivity contribution in [3.05, 3.63) is 75.8 Å². The maximum absolute atomic E-state index is 12.7. The molecule has 0 saturated carbocycles. The molecule has 0 unspecified atom stereocenters. The minimum Gasteiger partial charge on any atom is -0.422 e. The number of fused-ring (bicyclic) bond motifs is 1. The van der Waals surface area contributed by atoms with Gasteiger partial charge in [-0.15, -0.1) is 0 Å². The zero-order chi connectivity index (χ0) is 20.8. The first-order valence-electron chi connectivity index (χ1n) is 8.75. The summed E-state index contributed by atoms with van der Waals surface area (Å²) < 4.78 is 5.63. The number of benzene rings is 3. The zero-order valence-corrected chi connectivity index (χ0v) is 17.7. The summed E-state index contributed by atoms with van der Waals surface area (Å²) in [5.74, 6) is -0.243. The van der Waals surface area contributed by atoms with Gasteiger partial charge in [0, 0.05) is 17.1 Å². The van der Waals surface area contributed by atoms with E-state index >= 15 is 0 Å². The highest BCUT2D eigenvalue weighted by atomic mass is 35.5. The molecule has 0 aliphatic rings. The molecule has 3 aromatic rings. The van der Waals surface area contributed by atoms with E-state index in [1.54, 1.807) is 18.3 Å². The quantitative estimate of drug-likeness (QED) is 0.186. The van der Waals surface area contributed by atoms with E-state index in [0.717, 1.165) is 10.8 Å². The second-order valence-corrected chi connectivity index (χ2v) is 7.19. The number of hydrogen-bond acceptors (Lipinski definition) is 4. The number of ether oxygens (including phenoxy) is 1. The van der Waals surface area contributed by atoms with Crippen LogP contribution in [0.4, 0.5) is 0 Å². The van der Waals surface area contributed by atoms with Crippen molar-refractivity contribution < 1.29 is 9.53 Å². The van der Waals surface area contributed by atoms with Crippen LogP contribution in [0.25, 0.3) is 10.8 Å². The number of thiocarbonyl (C=S) groups is 1. The monoisotopic (exact) mass is 445 g/mol. The maximum atomic E-state index is 12.7. The Morgan fingerprint density at radius 1 is 1.17 bits per heavy atom. The summed E-state index contributed by atoms with van der Waals surface area (Å²) in [6, 6.07) is 15.9. The molecule has 0 radical (unpaired) electrons. The summed E-state index contributed by atoms with van der Waals surface area (Å²) in [6.07, 6.45) is 1.57. The first kappa shape index (κ1) is 21.0. The van der Waals surface area contributed by atoms with E-state index in [9.17, 15) is 4.79 Å². The topological polar surface area (TPSA) is 62.7 Å². The highest BCUT2D eigenvalue weighted by Gasteiger charge is 2.16. The van der Waals surface area contributed by atoms with Gasteiger partial charge in [0.1, 0.15) is 5.75 Å². The van der Waals surface area contributed by atoms with Crippen LogP contribution in [0.5, 0.6) is 5.75 Å². The molecule has 0 heterocycles. The molecule has 0 spiro atoms. The van der Waals surface area contributed by atoms with Gasteiger partial charge >= 0.3 is 5.97 Å². The molecule has 0 atom stereocenters. The zero-order valence-electron chi connectivity index (χ0n) is 15.4. The van der Waals surface area contributed by atoms with Crippen LogP contribution < -0.4 is 15.5 Å². The Hall–Kier alpha value is -2.67. The maximum Gasteiger partial charge on any atom is 0.345 e. The smallest absolute Gasteiger partial charge is 0.345 e. The summed E-state index contributed by atoms with van der Waals surface area (Å²) in [7, 11) is 0. The van der Waals surface area contributed by atoms with Crippen molar-refractivity contribution in [3.63, 3.8) is 0 Å². The second-order valence-electron chi connectivity index (χ2n) is 5.94. The third kappa shape index (κ3) is 5.23. The van der Waals surface area contributed by atoms with Gasteiger partial charge in [-0.25, -0.2) is 4.79 Å². The minimum absolute atomic E-state index is 0.219. The lowest BCUT2D eigenvalue weighted by Crippen LogP contribution is -2.31. The molecule has 29 heavy (non-hydrogen) atoms. The molecular weight excluding hydrogens is 429 g/mol. The number of esters is 1. The summed E-state index contributed by atoms with van der Waals surface area (Å²) in [4.78, 5) is 12.7. The highest BCUT2D eigenvalue weighted by Crippen LogP contribution is 2.29. The van der Waals surface area contributed by atoms with Crippen molar-refractivity contribution in [1.29, 1.82) is 0 Å². The SMILES string of the molecule is CCNC(=S)N/N=C/c1c(OC(=O)c2ccc(Cl)cc2Cl)ccc2ccccc12. The summed E-state index contributed by atoms with van der Waals surface area (Å²) in [5.41, 5.74) is 3.59. The molecule has 8 heteroatoms. The van der Waals surface area contributed by atoms with Gasteiger partial charge in [-0.2, -0.15) is 5.10 Å². The molecule has 0 aliphatic carbocycles. The molecule has 0 saturated heterocycles. The van der Waals surface area contributed by atoms with Gasteiger partial charge in [0.25, 0.3) is 0 Å². The Balaban J connectivity index is 1.95. The van der Waals surface area contributed by atoms with Gasteiger partial charge in [0.2, 0.25) is 0 Å². The fraction of sp³-hybridized carbons (Fsp3) is 0.0952. The molecule has 0 amide bonds. The molecule has 2 N–H and O–H groups in total. The van der Waals surface area contributed by atoms with Crippen LogP contribution in [0.15, 0.2) is 59.7 Å². The number of nitrogens with zero attached hydrogens (tertiary/aromatic N) is 1. The largest absolute Gasteiger partial charge is 0.422 e. The predicted octanol–water partition coefficient (Wildman–Crippen LogP) is 5.18. The van der Waals surface area contributed by atoms with Gasteiger partial charge in [-0.3, -0.25) is 5.43 Å². The van der Waals surface area contributed by atoms with Gasteiger partial charge in [-0.1, -0.05) is 53.5 Å². The average Bonchev–Trinajstić information content (AvgIpc) is 2.69.